The van der Waals surface area contributed by atoms with Crippen molar-refractivity contribution in [3.8, 4) is 0 Å². The first kappa shape index (κ1) is 10.2. The molecular formula is C11H8ClNOS. The van der Waals surface area contributed by atoms with Crippen LogP contribution in [0.15, 0.2) is 35.7 Å². The molecule has 1 heterocycles. The Hall–Kier alpha value is -1.32. The summed E-state index contributed by atoms with van der Waals surface area (Å²) in [5.41, 5.74) is 6.79. The smallest absolute Gasteiger partial charge is 0.196 e. The molecule has 15 heavy (non-hydrogen) atoms. The molecule has 1 aromatic carbocycles. The highest BCUT2D eigenvalue weighted by atomic mass is 35.5. The van der Waals surface area contributed by atoms with Crippen molar-refractivity contribution >= 4 is 33.7 Å². The minimum absolute atomic E-state index is 0.0868. The third-order valence-corrected chi connectivity index (χ3v) is 3.01. The molecule has 0 amide bonds. The van der Waals surface area contributed by atoms with Crippen LogP contribution in [-0.4, -0.2) is 5.78 Å². The molecule has 0 radical (unpaired) electrons. The molecule has 2 nitrogen and oxygen atoms in total. The third kappa shape index (κ3) is 2.03. The predicted octanol–water partition coefficient (Wildman–Crippen LogP) is 3.21. The maximum absolute atomic E-state index is 11.9. The fraction of sp³-hybridized carbons (Fsp3) is 0. The zero-order chi connectivity index (χ0) is 10.8. The Labute approximate surface area is 96.3 Å². The summed E-state index contributed by atoms with van der Waals surface area (Å²) in [5, 5.41) is 2.89. The van der Waals surface area contributed by atoms with Crippen LogP contribution in [0.25, 0.3) is 0 Å². The number of rotatable bonds is 2. The van der Waals surface area contributed by atoms with Crippen LogP contribution in [-0.2, 0) is 0 Å². The fourth-order valence-electron chi connectivity index (χ4n) is 1.29. The number of thiophene rings is 1. The molecule has 0 aliphatic carbocycles. The standard InChI is InChI=1S/C11H8ClNOS/c12-8-3-1-2-7(6-8)10(14)9-4-5-15-11(9)13/h1-6H,13H2. The number of nitrogens with two attached hydrogens (primary N) is 1. The van der Waals surface area contributed by atoms with Crippen molar-refractivity contribution in [3.63, 3.8) is 0 Å². The van der Waals surface area contributed by atoms with E-state index < -0.39 is 0 Å². The van der Waals surface area contributed by atoms with E-state index in [1.165, 1.54) is 11.3 Å². The van der Waals surface area contributed by atoms with Crippen molar-refractivity contribution in [1.29, 1.82) is 0 Å². The molecule has 2 N–H and O–H groups in total. The van der Waals surface area contributed by atoms with Gasteiger partial charge in [-0.3, -0.25) is 4.79 Å². The molecule has 2 rings (SSSR count). The van der Waals surface area contributed by atoms with E-state index in [1.807, 2.05) is 0 Å². The number of carbonyl (C=O) groups is 1. The number of hydrogen-bond acceptors (Lipinski definition) is 3. The van der Waals surface area contributed by atoms with Crippen LogP contribution < -0.4 is 5.73 Å². The molecule has 0 aliphatic heterocycles. The largest absolute Gasteiger partial charge is 0.390 e. The molecule has 2 aromatic rings. The normalized spacial score (nSPS) is 10.2. The van der Waals surface area contributed by atoms with Gasteiger partial charge in [-0.05, 0) is 23.6 Å². The first-order chi connectivity index (χ1) is 7.18. The van der Waals surface area contributed by atoms with Gasteiger partial charge in [0.15, 0.2) is 5.78 Å². The van der Waals surface area contributed by atoms with Crippen molar-refractivity contribution in [3.05, 3.63) is 51.9 Å². The van der Waals surface area contributed by atoms with Gasteiger partial charge in [0.1, 0.15) is 0 Å². The van der Waals surface area contributed by atoms with Crippen LogP contribution in [0.3, 0.4) is 0 Å². The van der Waals surface area contributed by atoms with Crippen molar-refractivity contribution in [2.45, 2.75) is 0 Å². The quantitative estimate of drug-likeness (QED) is 0.815. The monoisotopic (exact) mass is 237 g/mol. The Kier molecular flexibility index (Phi) is 2.75. The van der Waals surface area contributed by atoms with Crippen LogP contribution in [0.4, 0.5) is 5.00 Å². The van der Waals surface area contributed by atoms with Crippen molar-refractivity contribution < 1.29 is 4.79 Å². The number of benzene rings is 1. The number of ketones is 1. The van der Waals surface area contributed by atoms with Crippen LogP contribution in [0.1, 0.15) is 15.9 Å². The first-order valence-electron chi connectivity index (χ1n) is 4.31. The minimum atomic E-state index is -0.0868. The molecule has 0 fully saturated rings. The van der Waals surface area contributed by atoms with Gasteiger partial charge in [0, 0.05) is 10.6 Å². The van der Waals surface area contributed by atoms with Gasteiger partial charge in [0.25, 0.3) is 0 Å². The van der Waals surface area contributed by atoms with Crippen LogP contribution in [0.5, 0.6) is 0 Å². The van der Waals surface area contributed by atoms with Gasteiger partial charge in [-0.25, -0.2) is 0 Å². The molecule has 4 heteroatoms. The second-order valence-electron chi connectivity index (χ2n) is 3.04. The van der Waals surface area contributed by atoms with Crippen molar-refractivity contribution in [2.75, 3.05) is 5.73 Å². The topological polar surface area (TPSA) is 43.1 Å². The fourth-order valence-corrected chi connectivity index (χ4v) is 2.12. The highest BCUT2D eigenvalue weighted by Crippen LogP contribution is 2.23. The van der Waals surface area contributed by atoms with E-state index in [2.05, 4.69) is 0 Å². The lowest BCUT2D eigenvalue weighted by Crippen LogP contribution is -2.02. The van der Waals surface area contributed by atoms with E-state index in [-0.39, 0.29) is 5.78 Å². The Morgan fingerprint density at radius 2 is 2.13 bits per heavy atom. The number of hydrogen-bond donors (Lipinski definition) is 1. The summed E-state index contributed by atoms with van der Waals surface area (Å²) < 4.78 is 0. The summed E-state index contributed by atoms with van der Waals surface area (Å²) in [5.74, 6) is -0.0868. The average molecular weight is 238 g/mol. The molecule has 0 aliphatic rings. The van der Waals surface area contributed by atoms with Gasteiger partial charge < -0.3 is 5.73 Å². The second kappa shape index (κ2) is 4.04. The SMILES string of the molecule is Nc1sccc1C(=O)c1cccc(Cl)c1. The maximum Gasteiger partial charge on any atom is 0.196 e. The molecule has 0 spiro atoms. The first-order valence-corrected chi connectivity index (χ1v) is 5.57. The van der Waals surface area contributed by atoms with E-state index in [1.54, 1.807) is 35.7 Å². The summed E-state index contributed by atoms with van der Waals surface area (Å²) >= 11 is 7.16. The zero-order valence-electron chi connectivity index (χ0n) is 7.74. The molecule has 0 saturated carbocycles. The molecular weight excluding hydrogens is 230 g/mol. The number of anilines is 1. The Balaban J connectivity index is 2.41. The predicted molar refractivity (Wildman–Crippen MR) is 63.6 cm³/mol. The summed E-state index contributed by atoms with van der Waals surface area (Å²) in [6, 6.07) is 8.57. The van der Waals surface area contributed by atoms with E-state index in [9.17, 15) is 4.79 Å². The van der Waals surface area contributed by atoms with Crippen LogP contribution >= 0.6 is 22.9 Å². The summed E-state index contributed by atoms with van der Waals surface area (Å²) in [6.45, 7) is 0. The lowest BCUT2D eigenvalue weighted by atomic mass is 10.1. The molecule has 0 bridgehead atoms. The number of halogens is 1. The lowest BCUT2D eigenvalue weighted by molar-refractivity contribution is 0.104. The van der Waals surface area contributed by atoms with E-state index >= 15 is 0 Å². The third-order valence-electron chi connectivity index (χ3n) is 2.03. The lowest BCUT2D eigenvalue weighted by Gasteiger charge is -2.00. The highest BCUT2D eigenvalue weighted by Gasteiger charge is 2.13. The van der Waals surface area contributed by atoms with Crippen LogP contribution in [0, 0.1) is 0 Å². The van der Waals surface area contributed by atoms with E-state index in [4.69, 9.17) is 17.3 Å². The highest BCUT2D eigenvalue weighted by molar-refractivity contribution is 7.14. The van der Waals surface area contributed by atoms with E-state index in [0.717, 1.165) is 0 Å². The summed E-state index contributed by atoms with van der Waals surface area (Å²) in [4.78, 5) is 11.9. The van der Waals surface area contributed by atoms with Gasteiger partial charge in [-0.15, -0.1) is 11.3 Å². The van der Waals surface area contributed by atoms with E-state index in [0.29, 0.717) is 21.2 Å². The average Bonchev–Trinajstić information content (AvgIpc) is 2.63. The van der Waals surface area contributed by atoms with Crippen LogP contribution in [0.2, 0.25) is 5.02 Å². The molecule has 1 aromatic heterocycles. The van der Waals surface area contributed by atoms with Crippen molar-refractivity contribution in [1.82, 2.24) is 0 Å². The molecule has 0 atom stereocenters. The molecule has 76 valence electrons. The van der Waals surface area contributed by atoms with Gasteiger partial charge in [0.2, 0.25) is 0 Å². The Bertz CT molecular complexity index is 507. The van der Waals surface area contributed by atoms with Gasteiger partial charge in [0.05, 0.1) is 10.6 Å². The minimum Gasteiger partial charge on any atom is -0.390 e. The molecule has 0 unspecified atom stereocenters. The Morgan fingerprint density at radius 3 is 2.73 bits per heavy atom. The second-order valence-corrected chi connectivity index (χ2v) is 4.42. The Morgan fingerprint density at radius 1 is 1.33 bits per heavy atom. The number of carbonyl (C=O) groups excluding carboxylic acids is 1. The van der Waals surface area contributed by atoms with Gasteiger partial charge in [-0.1, -0.05) is 23.7 Å². The maximum atomic E-state index is 11.9. The van der Waals surface area contributed by atoms with Gasteiger partial charge in [-0.2, -0.15) is 0 Å². The van der Waals surface area contributed by atoms with Gasteiger partial charge >= 0.3 is 0 Å². The number of nitrogen functional groups attached to an aromatic ring is 1. The van der Waals surface area contributed by atoms with Crippen molar-refractivity contribution in [2.24, 2.45) is 0 Å². The molecule has 0 saturated heterocycles. The zero-order valence-corrected chi connectivity index (χ0v) is 9.31. The summed E-state index contributed by atoms with van der Waals surface area (Å²) in [6.07, 6.45) is 0. The summed E-state index contributed by atoms with van der Waals surface area (Å²) in [7, 11) is 0.